The van der Waals surface area contributed by atoms with Crippen LogP contribution in [0.3, 0.4) is 0 Å². The van der Waals surface area contributed by atoms with E-state index >= 15 is 0 Å². The lowest BCUT2D eigenvalue weighted by Crippen LogP contribution is -2.17. The lowest BCUT2D eigenvalue weighted by molar-refractivity contribution is -0.0143. The van der Waals surface area contributed by atoms with Gasteiger partial charge in [-0.3, -0.25) is 0 Å². The summed E-state index contributed by atoms with van der Waals surface area (Å²) in [7, 11) is 0. The number of hydrogen-bond donors (Lipinski definition) is 4. The average Bonchev–Trinajstić information content (AvgIpc) is 3.19. The number of nitrogens with two attached hydrogens (primary N) is 4. The van der Waals surface area contributed by atoms with Crippen LogP contribution in [0, 0.1) is 0 Å². The molecule has 2 unspecified atom stereocenters. The van der Waals surface area contributed by atoms with E-state index in [0.29, 0.717) is 12.8 Å². The molecule has 0 radical (unpaired) electrons. The summed E-state index contributed by atoms with van der Waals surface area (Å²) >= 11 is 0. The Balaban J connectivity index is 1.49. The first-order valence-corrected chi connectivity index (χ1v) is 17.2. The van der Waals surface area contributed by atoms with Crippen LogP contribution in [0.1, 0.15) is 56.7 Å². The number of benzene rings is 6. The molecule has 0 aliphatic rings. The number of hydrazone groups is 4. The third-order valence-corrected chi connectivity index (χ3v) is 9.03. The maximum absolute atomic E-state index is 7.49. The zero-order valence-corrected chi connectivity index (χ0v) is 29.2. The molecule has 9 nitrogen and oxygen atoms in total. The van der Waals surface area contributed by atoms with Crippen molar-refractivity contribution in [2.45, 2.75) is 25.0 Å². The van der Waals surface area contributed by atoms with E-state index in [0.717, 1.165) is 66.8 Å². The molecule has 0 heterocycles. The van der Waals surface area contributed by atoms with Gasteiger partial charge in [-0.25, -0.2) is 0 Å². The molecule has 53 heavy (non-hydrogen) atoms. The lowest BCUT2D eigenvalue weighted by atomic mass is 9.90. The minimum atomic E-state index is -0.364. The van der Waals surface area contributed by atoms with Crippen LogP contribution >= 0.6 is 0 Å². The van der Waals surface area contributed by atoms with Crippen molar-refractivity contribution in [3.8, 4) is 22.3 Å². The Morgan fingerprint density at radius 3 is 1.19 bits per heavy atom. The maximum Gasteiger partial charge on any atom is 0.0879 e. The number of rotatable bonds is 14. The first kappa shape index (κ1) is 36.0. The third-order valence-electron chi connectivity index (χ3n) is 9.03. The highest BCUT2D eigenvalue weighted by Gasteiger charge is 2.26. The van der Waals surface area contributed by atoms with Gasteiger partial charge in [0.1, 0.15) is 0 Å². The second-order valence-electron chi connectivity index (χ2n) is 12.5. The van der Waals surface area contributed by atoms with Crippen LogP contribution in [0.25, 0.3) is 22.3 Å². The first-order valence-electron chi connectivity index (χ1n) is 17.2. The Bertz CT molecular complexity index is 2070. The molecule has 6 rings (SSSR count). The quantitative estimate of drug-likeness (QED) is 0.0526. The van der Waals surface area contributed by atoms with Gasteiger partial charge in [0.15, 0.2) is 0 Å². The molecule has 0 amide bonds. The van der Waals surface area contributed by atoms with Gasteiger partial charge in [-0.2, -0.15) is 20.4 Å². The average molecular weight is 699 g/mol. The molecule has 6 aromatic carbocycles. The number of ether oxygens (including phenoxy) is 1. The van der Waals surface area contributed by atoms with Crippen LogP contribution in [0.5, 0.6) is 0 Å². The Hall–Kier alpha value is -6.84. The minimum absolute atomic E-state index is 0.364. The monoisotopic (exact) mass is 698 g/mol. The van der Waals surface area contributed by atoms with Crippen LogP contribution in [0.2, 0.25) is 0 Å². The summed E-state index contributed by atoms with van der Waals surface area (Å²) in [5.41, 5.74) is 12.2. The van der Waals surface area contributed by atoms with Crippen LogP contribution < -0.4 is 23.4 Å². The summed E-state index contributed by atoms with van der Waals surface area (Å²) in [6.07, 6.45) is 7.03. The summed E-state index contributed by atoms with van der Waals surface area (Å²) in [5.74, 6) is 21.9. The van der Waals surface area contributed by atoms with E-state index < -0.39 is 0 Å². The predicted molar refractivity (Wildman–Crippen MR) is 218 cm³/mol. The van der Waals surface area contributed by atoms with E-state index in [9.17, 15) is 0 Å². The second kappa shape index (κ2) is 17.9. The SMILES string of the molecule is NN=Cc1ccc(-c2ccccc2C(Cc2cccc(C=NN)c2)OC(Cc2cccc(C=NN)c2)c2ccccc2-c2ccc(C=NN)cc2)cc1. The Labute approximate surface area is 310 Å². The fraction of sp³-hybridized carbons (Fsp3) is 0.0909. The van der Waals surface area contributed by atoms with Crippen molar-refractivity contribution in [3.05, 3.63) is 190 Å². The van der Waals surface area contributed by atoms with E-state index in [2.05, 4.69) is 117 Å². The number of hydrogen-bond acceptors (Lipinski definition) is 9. The molecule has 8 N–H and O–H groups in total. The van der Waals surface area contributed by atoms with Crippen LogP contribution in [0.4, 0.5) is 0 Å². The molecular weight excluding hydrogens is 657 g/mol. The molecule has 0 saturated heterocycles. The first-order chi connectivity index (χ1) is 26.1. The van der Waals surface area contributed by atoms with Crippen LogP contribution in [-0.4, -0.2) is 24.9 Å². The highest BCUT2D eigenvalue weighted by Crippen LogP contribution is 2.40. The van der Waals surface area contributed by atoms with Crippen molar-refractivity contribution in [1.82, 2.24) is 0 Å². The standard InChI is InChI=1S/C44H42N8O/c45-49-27-31-15-19-37(20-16-31)39-11-1-3-13-41(39)43(25-33-7-5-9-35(23-33)29-51-47)53-44(26-34-8-6-10-36(24-34)30-52-48)42-14-4-2-12-40(42)38-21-17-32(18-22-38)28-50-46/h1-24,27-30,43-44H,25-26,45-48H2. The van der Waals surface area contributed by atoms with Gasteiger partial charge in [0.25, 0.3) is 0 Å². The Morgan fingerprint density at radius 1 is 0.415 bits per heavy atom. The van der Waals surface area contributed by atoms with E-state index in [1.165, 1.54) is 0 Å². The van der Waals surface area contributed by atoms with E-state index in [-0.39, 0.29) is 12.2 Å². The molecule has 9 heteroatoms. The topological polar surface area (TPSA) is 163 Å². The van der Waals surface area contributed by atoms with E-state index in [4.69, 9.17) is 28.1 Å². The largest absolute Gasteiger partial charge is 0.365 e. The fourth-order valence-electron chi connectivity index (χ4n) is 6.61. The summed E-state index contributed by atoms with van der Waals surface area (Å²) in [6, 6.07) is 49.6. The van der Waals surface area contributed by atoms with Gasteiger partial charge < -0.3 is 28.1 Å². The number of nitrogens with zero attached hydrogens (tertiary/aromatic N) is 4. The van der Waals surface area contributed by atoms with Crippen molar-refractivity contribution in [2.24, 2.45) is 43.8 Å². The maximum atomic E-state index is 7.49. The minimum Gasteiger partial charge on any atom is -0.365 e. The molecule has 0 spiro atoms. The fourth-order valence-corrected chi connectivity index (χ4v) is 6.61. The van der Waals surface area contributed by atoms with Gasteiger partial charge in [0.2, 0.25) is 0 Å². The zero-order chi connectivity index (χ0) is 36.8. The van der Waals surface area contributed by atoms with Gasteiger partial charge >= 0.3 is 0 Å². The van der Waals surface area contributed by atoms with Gasteiger partial charge in [0, 0.05) is 12.8 Å². The second-order valence-corrected chi connectivity index (χ2v) is 12.5. The van der Waals surface area contributed by atoms with Crippen LogP contribution in [0.15, 0.2) is 166 Å². The molecule has 0 bridgehead atoms. The highest BCUT2D eigenvalue weighted by atomic mass is 16.5. The van der Waals surface area contributed by atoms with Crippen LogP contribution in [-0.2, 0) is 17.6 Å². The zero-order valence-electron chi connectivity index (χ0n) is 29.2. The molecule has 0 aromatic heterocycles. The molecule has 0 aliphatic heterocycles. The summed E-state index contributed by atoms with van der Waals surface area (Å²) in [6.45, 7) is 0. The third kappa shape index (κ3) is 9.29. The van der Waals surface area contributed by atoms with Crippen molar-refractivity contribution >= 4 is 24.9 Å². The predicted octanol–water partition coefficient (Wildman–Crippen LogP) is 7.48. The molecular formula is C44H42N8O. The molecule has 0 saturated carbocycles. The van der Waals surface area contributed by atoms with Gasteiger partial charge in [-0.15, -0.1) is 0 Å². The lowest BCUT2D eigenvalue weighted by Gasteiger charge is -2.29. The summed E-state index contributed by atoms with van der Waals surface area (Å²) in [4.78, 5) is 0. The molecule has 6 aromatic rings. The van der Waals surface area contributed by atoms with Crippen molar-refractivity contribution < 1.29 is 4.74 Å². The molecule has 264 valence electrons. The van der Waals surface area contributed by atoms with Crippen molar-refractivity contribution in [2.75, 3.05) is 0 Å². The smallest absolute Gasteiger partial charge is 0.0879 e. The van der Waals surface area contributed by atoms with E-state index in [1.807, 2.05) is 48.5 Å². The molecule has 2 atom stereocenters. The summed E-state index contributed by atoms with van der Waals surface area (Å²) < 4.78 is 7.49. The Morgan fingerprint density at radius 2 is 0.792 bits per heavy atom. The van der Waals surface area contributed by atoms with Crippen molar-refractivity contribution in [1.29, 1.82) is 0 Å². The van der Waals surface area contributed by atoms with Gasteiger partial charge in [-0.1, -0.05) is 146 Å². The Kier molecular flexibility index (Phi) is 12.1. The molecule has 0 fully saturated rings. The molecule has 0 aliphatic carbocycles. The van der Waals surface area contributed by atoms with Gasteiger partial charge in [0.05, 0.1) is 37.1 Å². The van der Waals surface area contributed by atoms with Gasteiger partial charge in [-0.05, 0) is 66.8 Å². The highest BCUT2D eigenvalue weighted by molar-refractivity contribution is 5.82. The summed E-state index contributed by atoms with van der Waals surface area (Å²) in [5, 5.41) is 14.9. The van der Waals surface area contributed by atoms with E-state index in [1.54, 1.807) is 24.9 Å². The van der Waals surface area contributed by atoms with Crippen molar-refractivity contribution in [3.63, 3.8) is 0 Å². The normalized spacial score (nSPS) is 13.0.